The Morgan fingerprint density at radius 2 is 1.18 bits per heavy atom. The minimum absolute atomic E-state index is 0.209. The van der Waals surface area contributed by atoms with Crippen LogP contribution in [0.3, 0.4) is 0 Å². The molecule has 3 fully saturated rings. The largest absolute Gasteiger partial charge is 0.477 e. The molecule has 80 heavy (non-hydrogen) atoms. The van der Waals surface area contributed by atoms with Crippen molar-refractivity contribution in [2.75, 3.05) is 26.4 Å². The second-order valence-electron chi connectivity index (χ2n) is 22.2. The van der Waals surface area contributed by atoms with Crippen LogP contribution in [0, 0.1) is 0 Å². The number of ether oxygens (including phenoxy) is 6. The number of aliphatic hydroxyl groups excluding tert-OH is 11. The second kappa shape index (κ2) is 39.9. The number of nitrogens with one attached hydrogen (secondary N) is 2. The van der Waals surface area contributed by atoms with Gasteiger partial charge >= 0.3 is 5.97 Å². The summed E-state index contributed by atoms with van der Waals surface area (Å²) >= 11 is 0. The number of amides is 2. The Kier molecular flexibility index (Phi) is 35.8. The standard InChI is InChI=1S/C57H104N2O21/c1-4-6-8-10-12-14-16-17-18-19-20-21-22-24-26-28-30-39(64)38(59-44(67)31-29-27-25-23-15-13-11-9-7-5-2)36-75-54-49(71)48(70)51(43(35-62)77-54)78-55-50(72)53(47(69)42(34-61)76-55)80-57(56(73)74)32-40(65)45(58-37(3)63)52(79-57)46(68)41(66)33-60/h11,13,38-43,45-55,60-62,64-66,68-72H,4-10,12,14-36H2,1-3H3,(H,58,63)(H,59,67)(H,73,74)/b13-11-. The van der Waals surface area contributed by atoms with E-state index in [-0.39, 0.29) is 18.9 Å². The van der Waals surface area contributed by atoms with Crippen LogP contribution in [0.1, 0.15) is 194 Å². The quantitative estimate of drug-likeness (QED) is 0.0308. The van der Waals surface area contributed by atoms with Gasteiger partial charge in [-0.25, -0.2) is 4.79 Å². The molecule has 0 bridgehead atoms. The van der Waals surface area contributed by atoms with Gasteiger partial charge in [-0.15, -0.1) is 0 Å². The van der Waals surface area contributed by atoms with E-state index in [1.165, 1.54) is 70.6 Å². The number of carboxylic acid groups (broad SMARTS) is 1. The molecule has 3 saturated heterocycles. The summed E-state index contributed by atoms with van der Waals surface area (Å²) in [4.78, 5) is 38.3. The Labute approximate surface area is 473 Å². The van der Waals surface area contributed by atoms with Crippen molar-refractivity contribution in [2.45, 2.75) is 304 Å². The topological polar surface area (TPSA) is 373 Å². The van der Waals surface area contributed by atoms with Gasteiger partial charge in [-0.1, -0.05) is 154 Å². The summed E-state index contributed by atoms with van der Waals surface area (Å²) < 4.78 is 34.7. The maximum atomic E-state index is 13.3. The van der Waals surface area contributed by atoms with Crippen molar-refractivity contribution in [2.24, 2.45) is 0 Å². The van der Waals surface area contributed by atoms with Crippen molar-refractivity contribution in [3.8, 4) is 0 Å². The smallest absolute Gasteiger partial charge is 0.364 e. The van der Waals surface area contributed by atoms with Crippen molar-refractivity contribution in [1.29, 1.82) is 0 Å². The Hall–Kier alpha value is -2.53. The Bertz CT molecular complexity index is 1700. The van der Waals surface area contributed by atoms with Gasteiger partial charge in [-0.2, -0.15) is 0 Å². The van der Waals surface area contributed by atoms with E-state index in [0.717, 1.165) is 77.6 Å². The molecular weight excluding hydrogens is 1050 g/mol. The van der Waals surface area contributed by atoms with E-state index in [1.807, 2.05) is 0 Å². The van der Waals surface area contributed by atoms with E-state index in [2.05, 4.69) is 36.6 Å². The third kappa shape index (κ3) is 24.2. The van der Waals surface area contributed by atoms with Crippen LogP contribution in [0.15, 0.2) is 12.2 Å². The number of hydrogen-bond acceptors (Lipinski definition) is 20. The summed E-state index contributed by atoms with van der Waals surface area (Å²) in [5, 5.41) is 135. The Morgan fingerprint density at radius 1 is 0.637 bits per heavy atom. The number of aliphatic hydroxyl groups is 11. The van der Waals surface area contributed by atoms with Crippen molar-refractivity contribution in [3.05, 3.63) is 12.2 Å². The Balaban J connectivity index is 1.66. The zero-order chi connectivity index (χ0) is 59.0. The molecule has 3 heterocycles. The maximum absolute atomic E-state index is 13.3. The van der Waals surface area contributed by atoms with Crippen molar-refractivity contribution < 1.29 is 104 Å². The van der Waals surface area contributed by atoms with Gasteiger partial charge in [0.15, 0.2) is 12.6 Å². The fraction of sp³-hybridized carbons (Fsp3) is 0.912. The highest BCUT2D eigenvalue weighted by atomic mass is 16.8. The van der Waals surface area contributed by atoms with Gasteiger partial charge in [0.05, 0.1) is 50.7 Å². The maximum Gasteiger partial charge on any atom is 0.364 e. The summed E-state index contributed by atoms with van der Waals surface area (Å²) in [5.41, 5.74) is 0. The number of carbonyl (C=O) groups is 3. The van der Waals surface area contributed by atoms with Crippen molar-refractivity contribution in [1.82, 2.24) is 10.6 Å². The molecule has 3 aliphatic heterocycles. The molecule has 18 atom stereocenters. The fourth-order valence-electron chi connectivity index (χ4n) is 10.6. The lowest BCUT2D eigenvalue weighted by molar-refractivity contribution is -0.386. The number of hydrogen-bond donors (Lipinski definition) is 14. The molecular formula is C57H104N2O21. The number of carboxylic acids is 1. The summed E-state index contributed by atoms with van der Waals surface area (Å²) in [6, 6.07) is -2.53. The minimum Gasteiger partial charge on any atom is -0.477 e. The number of carbonyl (C=O) groups excluding carboxylic acids is 2. The van der Waals surface area contributed by atoms with Gasteiger partial charge in [-0.05, 0) is 32.1 Å². The van der Waals surface area contributed by atoms with E-state index in [4.69, 9.17) is 28.4 Å². The summed E-state index contributed by atoms with van der Waals surface area (Å²) in [7, 11) is 0. The van der Waals surface area contributed by atoms with Crippen LogP contribution in [-0.4, -0.2) is 215 Å². The molecule has 23 nitrogen and oxygen atoms in total. The molecule has 23 heteroatoms. The van der Waals surface area contributed by atoms with Crippen LogP contribution in [0.4, 0.5) is 0 Å². The molecule has 468 valence electrons. The lowest BCUT2D eigenvalue weighted by atomic mass is 9.88. The third-order valence-electron chi connectivity index (χ3n) is 15.5. The van der Waals surface area contributed by atoms with Gasteiger partial charge in [0.25, 0.3) is 5.79 Å². The lowest BCUT2D eigenvalue weighted by Crippen LogP contribution is -2.70. The second-order valence-corrected chi connectivity index (χ2v) is 22.2. The number of allylic oxidation sites excluding steroid dienone is 2. The first-order valence-electron chi connectivity index (χ1n) is 30.0. The fourth-order valence-corrected chi connectivity index (χ4v) is 10.6. The van der Waals surface area contributed by atoms with E-state index in [9.17, 15) is 75.7 Å². The van der Waals surface area contributed by atoms with Crippen LogP contribution < -0.4 is 10.6 Å². The first kappa shape index (κ1) is 71.7. The molecule has 0 aliphatic carbocycles. The van der Waals surface area contributed by atoms with Crippen molar-refractivity contribution >= 4 is 17.8 Å². The zero-order valence-electron chi connectivity index (χ0n) is 47.9. The average Bonchev–Trinajstić information content (AvgIpc) is 3.43. The Morgan fingerprint density at radius 3 is 1.73 bits per heavy atom. The average molecular weight is 1150 g/mol. The van der Waals surface area contributed by atoms with Gasteiger partial charge in [0.2, 0.25) is 11.8 Å². The predicted octanol–water partition coefficient (Wildman–Crippen LogP) is 2.39. The molecule has 0 spiro atoms. The van der Waals surface area contributed by atoms with Crippen LogP contribution in [0.5, 0.6) is 0 Å². The highest BCUT2D eigenvalue weighted by molar-refractivity contribution is 5.77. The normalized spacial score (nSPS) is 30.7. The van der Waals surface area contributed by atoms with E-state index in [0.29, 0.717) is 19.3 Å². The lowest BCUT2D eigenvalue weighted by Gasteiger charge is -2.50. The van der Waals surface area contributed by atoms with E-state index in [1.54, 1.807) is 0 Å². The molecule has 0 aromatic rings. The zero-order valence-corrected chi connectivity index (χ0v) is 47.9. The minimum atomic E-state index is -3.08. The van der Waals surface area contributed by atoms with Gasteiger partial charge in [0, 0.05) is 19.8 Å². The molecule has 14 N–H and O–H groups in total. The van der Waals surface area contributed by atoms with E-state index < -0.39 is 148 Å². The summed E-state index contributed by atoms with van der Waals surface area (Å²) in [5.74, 6) is -6.12. The van der Waals surface area contributed by atoms with Crippen LogP contribution >= 0.6 is 0 Å². The first-order chi connectivity index (χ1) is 38.4. The molecule has 3 rings (SSSR count). The highest BCUT2D eigenvalue weighted by Crippen LogP contribution is 2.38. The van der Waals surface area contributed by atoms with Gasteiger partial charge in [0.1, 0.15) is 67.1 Å². The molecule has 0 saturated carbocycles. The number of unbranched alkanes of at least 4 members (excludes halogenated alkanes) is 21. The highest BCUT2D eigenvalue weighted by Gasteiger charge is 2.60. The van der Waals surface area contributed by atoms with Gasteiger partial charge in [-0.3, -0.25) is 9.59 Å². The molecule has 0 aromatic carbocycles. The van der Waals surface area contributed by atoms with Crippen molar-refractivity contribution in [3.63, 3.8) is 0 Å². The summed E-state index contributed by atoms with van der Waals surface area (Å²) in [6.07, 6.45) is 2.57. The van der Waals surface area contributed by atoms with E-state index >= 15 is 0 Å². The first-order valence-corrected chi connectivity index (χ1v) is 30.0. The third-order valence-corrected chi connectivity index (χ3v) is 15.5. The SMILES string of the molecule is CCCC/C=C\CCCCCCC(=O)NC(COC1OC(CO)C(OC2OC(CO)C(O)C(OC3(C(=O)O)CC(O)C(NC(C)=O)C(C(O)C(O)CO)O3)C2O)C(O)C1O)C(O)CCCCCCCCCCCCCCCCCC. The molecule has 0 aromatic heterocycles. The van der Waals surface area contributed by atoms with Crippen LogP contribution in [-0.2, 0) is 42.8 Å². The molecule has 0 radical (unpaired) electrons. The molecule has 3 aliphatic rings. The molecule has 18 unspecified atom stereocenters. The van der Waals surface area contributed by atoms with Crippen LogP contribution in [0.25, 0.3) is 0 Å². The summed E-state index contributed by atoms with van der Waals surface area (Å²) in [6.45, 7) is 2.10. The van der Waals surface area contributed by atoms with Gasteiger partial charge < -0.3 is 100 Å². The predicted molar refractivity (Wildman–Crippen MR) is 292 cm³/mol. The monoisotopic (exact) mass is 1150 g/mol. The number of rotatable bonds is 43. The van der Waals surface area contributed by atoms with Crippen LogP contribution in [0.2, 0.25) is 0 Å². The number of aliphatic carboxylic acids is 1. The molecule has 2 amide bonds.